The van der Waals surface area contributed by atoms with Gasteiger partial charge in [0.2, 0.25) is 0 Å². The molecule has 2 aromatic carbocycles. The third-order valence-electron chi connectivity index (χ3n) is 2.89. The van der Waals surface area contributed by atoms with Crippen LogP contribution >= 0.6 is 38.5 Å². The minimum Gasteiger partial charge on any atom is -0.483 e. The summed E-state index contributed by atoms with van der Waals surface area (Å²) < 4.78 is 7.52. The number of benzene rings is 2. The van der Waals surface area contributed by atoms with Gasteiger partial charge in [-0.3, -0.25) is 4.79 Å². The Bertz CT molecular complexity index is 673. The summed E-state index contributed by atoms with van der Waals surface area (Å²) >= 11 is 5.58. The average Bonchev–Trinajstić information content (AvgIpc) is 2.41. The van der Waals surface area contributed by atoms with Gasteiger partial charge < -0.3 is 10.1 Å². The molecule has 0 heterocycles. The topological polar surface area (TPSA) is 38.3 Å². The van der Waals surface area contributed by atoms with Gasteiger partial charge in [0, 0.05) is 8.04 Å². The average molecular weight is 460 g/mol. The van der Waals surface area contributed by atoms with Crippen molar-refractivity contribution in [2.75, 3.05) is 11.9 Å². The maximum absolute atomic E-state index is 11.9. The molecule has 3 nitrogen and oxygen atoms in total. The third-order valence-corrected chi connectivity index (χ3v) is 4.28. The highest BCUT2D eigenvalue weighted by molar-refractivity contribution is 14.1. The SMILES string of the molecule is Cc1ccc(OCC(=O)Nc2ccc(Br)cc2I)c(C)c1. The van der Waals surface area contributed by atoms with Crippen LogP contribution in [0.5, 0.6) is 5.75 Å². The largest absolute Gasteiger partial charge is 0.483 e. The normalized spacial score (nSPS) is 10.3. The zero-order valence-electron chi connectivity index (χ0n) is 11.7. The summed E-state index contributed by atoms with van der Waals surface area (Å²) in [6.07, 6.45) is 0. The number of ether oxygens (including phenoxy) is 1. The molecule has 2 rings (SSSR count). The maximum Gasteiger partial charge on any atom is 0.262 e. The molecule has 0 aliphatic rings. The lowest BCUT2D eigenvalue weighted by atomic mass is 10.1. The van der Waals surface area contributed by atoms with Crippen molar-refractivity contribution in [2.24, 2.45) is 0 Å². The molecule has 110 valence electrons. The number of halogens is 2. The first-order valence-electron chi connectivity index (χ1n) is 6.40. The van der Waals surface area contributed by atoms with Crippen molar-refractivity contribution in [1.29, 1.82) is 0 Å². The molecule has 0 bridgehead atoms. The van der Waals surface area contributed by atoms with Gasteiger partial charge in [0.25, 0.3) is 5.91 Å². The molecule has 0 saturated heterocycles. The van der Waals surface area contributed by atoms with E-state index in [9.17, 15) is 4.79 Å². The van der Waals surface area contributed by atoms with E-state index >= 15 is 0 Å². The van der Waals surface area contributed by atoms with Crippen LogP contribution in [-0.2, 0) is 4.79 Å². The van der Waals surface area contributed by atoms with Gasteiger partial charge in [-0.2, -0.15) is 0 Å². The second kappa shape index (κ2) is 7.26. The first-order chi connectivity index (χ1) is 9.95. The fourth-order valence-corrected chi connectivity index (χ4v) is 3.32. The van der Waals surface area contributed by atoms with Crippen LogP contribution in [0.4, 0.5) is 5.69 Å². The third kappa shape index (κ3) is 4.71. The molecule has 2 aromatic rings. The number of hydrogen-bond donors (Lipinski definition) is 1. The number of carbonyl (C=O) groups excluding carboxylic acids is 1. The first kappa shape index (κ1) is 16.3. The van der Waals surface area contributed by atoms with Gasteiger partial charge in [0.05, 0.1) is 5.69 Å². The monoisotopic (exact) mass is 459 g/mol. The van der Waals surface area contributed by atoms with E-state index in [1.54, 1.807) is 0 Å². The summed E-state index contributed by atoms with van der Waals surface area (Å²) in [5, 5.41) is 2.85. The fourth-order valence-electron chi connectivity index (χ4n) is 1.88. The molecule has 0 saturated carbocycles. The van der Waals surface area contributed by atoms with Gasteiger partial charge in [-0.05, 0) is 66.3 Å². The number of aryl methyl sites for hydroxylation is 2. The number of anilines is 1. The van der Waals surface area contributed by atoms with Crippen molar-refractivity contribution < 1.29 is 9.53 Å². The van der Waals surface area contributed by atoms with Crippen molar-refractivity contribution in [3.63, 3.8) is 0 Å². The fraction of sp³-hybridized carbons (Fsp3) is 0.188. The summed E-state index contributed by atoms with van der Waals surface area (Å²) in [6.45, 7) is 3.99. The number of amides is 1. The van der Waals surface area contributed by atoms with Gasteiger partial charge in [-0.15, -0.1) is 0 Å². The second-order valence-corrected chi connectivity index (χ2v) is 6.81. The lowest BCUT2D eigenvalue weighted by molar-refractivity contribution is -0.118. The van der Waals surface area contributed by atoms with E-state index in [1.807, 2.05) is 50.2 Å². The summed E-state index contributed by atoms with van der Waals surface area (Å²) in [7, 11) is 0. The van der Waals surface area contributed by atoms with Crippen molar-refractivity contribution in [2.45, 2.75) is 13.8 Å². The Morgan fingerprint density at radius 2 is 2.00 bits per heavy atom. The molecular weight excluding hydrogens is 445 g/mol. The van der Waals surface area contributed by atoms with Gasteiger partial charge in [0.15, 0.2) is 6.61 Å². The standard InChI is InChI=1S/C16H15BrINO2/c1-10-3-6-15(11(2)7-10)21-9-16(20)19-14-5-4-12(17)8-13(14)18/h3-8H,9H2,1-2H3,(H,19,20). The Hall–Kier alpha value is -1.08. The number of nitrogens with one attached hydrogen (secondary N) is 1. The molecule has 0 aliphatic heterocycles. The first-order valence-corrected chi connectivity index (χ1v) is 8.28. The Labute approximate surface area is 146 Å². The van der Waals surface area contributed by atoms with Gasteiger partial charge in [-0.1, -0.05) is 33.6 Å². The molecule has 0 aliphatic carbocycles. The predicted octanol–water partition coefficient (Wildman–Crippen LogP) is 4.69. The molecule has 1 amide bonds. The minimum absolute atomic E-state index is 0.00392. The maximum atomic E-state index is 11.9. The van der Waals surface area contributed by atoms with E-state index in [1.165, 1.54) is 5.56 Å². The predicted molar refractivity (Wildman–Crippen MR) is 96.9 cm³/mol. The molecule has 0 spiro atoms. The number of rotatable bonds is 4. The summed E-state index contributed by atoms with van der Waals surface area (Å²) in [4.78, 5) is 11.9. The van der Waals surface area contributed by atoms with Crippen molar-refractivity contribution in [3.05, 3.63) is 55.6 Å². The Kier molecular flexibility index (Phi) is 5.64. The molecule has 0 aromatic heterocycles. The Balaban J connectivity index is 1.96. The minimum atomic E-state index is -0.171. The van der Waals surface area contributed by atoms with E-state index in [-0.39, 0.29) is 12.5 Å². The molecule has 0 radical (unpaired) electrons. The molecule has 21 heavy (non-hydrogen) atoms. The van der Waals surface area contributed by atoms with Crippen LogP contribution < -0.4 is 10.1 Å². The van der Waals surface area contributed by atoms with Gasteiger partial charge in [-0.25, -0.2) is 0 Å². The second-order valence-electron chi connectivity index (χ2n) is 4.73. The van der Waals surface area contributed by atoms with Gasteiger partial charge >= 0.3 is 0 Å². The molecule has 5 heteroatoms. The molecule has 0 fully saturated rings. The molecule has 0 atom stereocenters. The van der Waals surface area contributed by atoms with E-state index in [0.29, 0.717) is 0 Å². The van der Waals surface area contributed by atoms with Gasteiger partial charge in [0.1, 0.15) is 5.75 Å². The van der Waals surface area contributed by atoms with Crippen molar-refractivity contribution >= 4 is 50.1 Å². The van der Waals surface area contributed by atoms with Crippen LogP contribution in [0.15, 0.2) is 40.9 Å². The van der Waals surface area contributed by atoms with Crippen molar-refractivity contribution in [1.82, 2.24) is 0 Å². The Morgan fingerprint density at radius 3 is 2.67 bits per heavy atom. The highest BCUT2D eigenvalue weighted by Crippen LogP contribution is 2.23. The van der Waals surface area contributed by atoms with Crippen LogP contribution in [0, 0.1) is 17.4 Å². The van der Waals surface area contributed by atoms with Crippen molar-refractivity contribution in [3.8, 4) is 5.75 Å². The lowest BCUT2D eigenvalue weighted by Crippen LogP contribution is -2.20. The zero-order valence-corrected chi connectivity index (χ0v) is 15.5. The molecular formula is C16H15BrINO2. The van der Waals surface area contributed by atoms with E-state index in [2.05, 4.69) is 43.8 Å². The van der Waals surface area contributed by atoms with Crippen LogP contribution in [0.1, 0.15) is 11.1 Å². The van der Waals surface area contributed by atoms with E-state index in [4.69, 9.17) is 4.74 Å². The summed E-state index contributed by atoms with van der Waals surface area (Å²) in [6, 6.07) is 11.6. The van der Waals surface area contributed by atoms with Crippen LogP contribution in [-0.4, -0.2) is 12.5 Å². The molecule has 0 unspecified atom stereocenters. The number of carbonyl (C=O) groups is 1. The Morgan fingerprint density at radius 1 is 1.24 bits per heavy atom. The smallest absolute Gasteiger partial charge is 0.262 e. The summed E-state index contributed by atoms with van der Waals surface area (Å²) in [5.41, 5.74) is 2.99. The van der Waals surface area contributed by atoms with E-state index in [0.717, 1.165) is 25.0 Å². The highest BCUT2D eigenvalue weighted by atomic mass is 127. The van der Waals surface area contributed by atoms with Crippen LogP contribution in [0.3, 0.4) is 0 Å². The summed E-state index contributed by atoms with van der Waals surface area (Å²) in [5.74, 6) is 0.566. The zero-order chi connectivity index (χ0) is 15.4. The highest BCUT2D eigenvalue weighted by Gasteiger charge is 2.08. The number of hydrogen-bond acceptors (Lipinski definition) is 2. The van der Waals surface area contributed by atoms with Crippen LogP contribution in [0.25, 0.3) is 0 Å². The van der Waals surface area contributed by atoms with Crippen LogP contribution in [0.2, 0.25) is 0 Å². The van der Waals surface area contributed by atoms with E-state index < -0.39 is 0 Å². The lowest BCUT2D eigenvalue weighted by Gasteiger charge is -2.11. The quantitative estimate of drug-likeness (QED) is 0.673. The molecule has 1 N–H and O–H groups in total.